The molecule has 2 nitrogen and oxygen atoms in total. The molecular formula is C13H12F2N2. The molecule has 0 saturated carbocycles. The third-order valence-electron chi connectivity index (χ3n) is 2.70. The Balaban J connectivity index is 2.41. The van der Waals surface area contributed by atoms with Gasteiger partial charge >= 0.3 is 0 Å². The van der Waals surface area contributed by atoms with Gasteiger partial charge in [0.1, 0.15) is 11.6 Å². The Bertz CT molecular complexity index is 456. The summed E-state index contributed by atoms with van der Waals surface area (Å²) in [7, 11) is 0. The van der Waals surface area contributed by atoms with Crippen LogP contribution in [0.15, 0.2) is 42.6 Å². The van der Waals surface area contributed by atoms with Crippen molar-refractivity contribution >= 4 is 0 Å². The lowest BCUT2D eigenvalue weighted by Crippen LogP contribution is -2.35. The average Bonchev–Trinajstić information content (AvgIpc) is 2.30. The van der Waals surface area contributed by atoms with Crippen LogP contribution < -0.4 is 5.73 Å². The van der Waals surface area contributed by atoms with Gasteiger partial charge in [0, 0.05) is 0 Å². The van der Waals surface area contributed by atoms with Crippen molar-refractivity contribution in [3.8, 4) is 0 Å². The molecule has 0 fully saturated rings. The molecule has 0 bridgehead atoms. The molecule has 1 aromatic heterocycles. The van der Waals surface area contributed by atoms with Crippen molar-refractivity contribution in [2.45, 2.75) is 12.5 Å². The van der Waals surface area contributed by atoms with Crippen LogP contribution in [0.1, 0.15) is 18.2 Å². The zero-order valence-electron chi connectivity index (χ0n) is 9.32. The standard InChI is InChI=1S/C13H12F2N2/c1-13(16,9-2-4-10(14)5-3-9)12-7-6-11(15)8-17-12/h2-8H,16H2,1H3. The van der Waals surface area contributed by atoms with E-state index < -0.39 is 11.4 Å². The second-order valence-electron chi connectivity index (χ2n) is 4.07. The van der Waals surface area contributed by atoms with E-state index >= 15 is 0 Å². The maximum absolute atomic E-state index is 12.8. The van der Waals surface area contributed by atoms with Crippen molar-refractivity contribution in [1.29, 1.82) is 0 Å². The number of pyridine rings is 1. The van der Waals surface area contributed by atoms with Gasteiger partial charge in [0.2, 0.25) is 0 Å². The molecule has 1 heterocycles. The highest BCUT2D eigenvalue weighted by molar-refractivity contribution is 5.33. The molecule has 0 aliphatic carbocycles. The number of nitrogens with two attached hydrogens (primary N) is 1. The largest absolute Gasteiger partial charge is 0.317 e. The quantitative estimate of drug-likeness (QED) is 0.867. The van der Waals surface area contributed by atoms with E-state index in [0.717, 1.165) is 11.8 Å². The lowest BCUT2D eigenvalue weighted by Gasteiger charge is -2.24. The number of rotatable bonds is 2. The van der Waals surface area contributed by atoms with Crippen LogP contribution in [0.5, 0.6) is 0 Å². The molecule has 0 spiro atoms. The minimum absolute atomic E-state index is 0.323. The van der Waals surface area contributed by atoms with Gasteiger partial charge in [-0.05, 0) is 36.8 Å². The number of benzene rings is 1. The molecule has 0 aliphatic heterocycles. The average molecular weight is 234 g/mol. The summed E-state index contributed by atoms with van der Waals surface area (Å²) in [6.45, 7) is 1.75. The molecule has 2 aromatic rings. The molecule has 17 heavy (non-hydrogen) atoms. The Kier molecular flexibility index (Phi) is 2.90. The van der Waals surface area contributed by atoms with E-state index in [-0.39, 0.29) is 5.82 Å². The molecule has 1 atom stereocenters. The van der Waals surface area contributed by atoms with Gasteiger partial charge in [0.25, 0.3) is 0 Å². The molecule has 0 amide bonds. The fraction of sp³-hybridized carbons (Fsp3) is 0.154. The summed E-state index contributed by atoms with van der Waals surface area (Å²) in [6, 6.07) is 8.70. The van der Waals surface area contributed by atoms with Gasteiger partial charge in [-0.3, -0.25) is 4.98 Å². The van der Waals surface area contributed by atoms with E-state index in [1.165, 1.54) is 24.3 Å². The van der Waals surface area contributed by atoms with Crippen LogP contribution in [0, 0.1) is 11.6 Å². The van der Waals surface area contributed by atoms with Gasteiger partial charge < -0.3 is 5.73 Å². The van der Waals surface area contributed by atoms with E-state index in [1.54, 1.807) is 19.1 Å². The molecule has 2 rings (SSSR count). The van der Waals surface area contributed by atoms with Gasteiger partial charge in [0.15, 0.2) is 0 Å². The van der Waals surface area contributed by atoms with Gasteiger partial charge in [-0.1, -0.05) is 12.1 Å². The second-order valence-corrected chi connectivity index (χ2v) is 4.07. The van der Waals surface area contributed by atoms with Crippen molar-refractivity contribution < 1.29 is 8.78 Å². The van der Waals surface area contributed by atoms with Gasteiger partial charge in [-0.2, -0.15) is 0 Å². The third kappa shape index (κ3) is 2.31. The van der Waals surface area contributed by atoms with E-state index in [9.17, 15) is 8.78 Å². The number of hydrogen-bond donors (Lipinski definition) is 1. The van der Waals surface area contributed by atoms with Crippen LogP contribution in [-0.2, 0) is 5.54 Å². The summed E-state index contributed by atoms with van der Waals surface area (Å²) in [5, 5.41) is 0. The van der Waals surface area contributed by atoms with Gasteiger partial charge in [-0.15, -0.1) is 0 Å². The van der Waals surface area contributed by atoms with Gasteiger partial charge in [-0.25, -0.2) is 8.78 Å². The maximum atomic E-state index is 12.8. The Labute approximate surface area is 98.1 Å². The maximum Gasteiger partial charge on any atom is 0.141 e. The molecule has 88 valence electrons. The third-order valence-corrected chi connectivity index (χ3v) is 2.70. The smallest absolute Gasteiger partial charge is 0.141 e. The molecule has 2 N–H and O–H groups in total. The normalized spacial score (nSPS) is 14.4. The SMILES string of the molecule is CC(N)(c1ccc(F)cc1)c1ccc(F)cn1. The summed E-state index contributed by atoms with van der Waals surface area (Å²) in [6.07, 6.45) is 1.12. The predicted molar refractivity (Wildman–Crippen MR) is 61.2 cm³/mol. The fourth-order valence-electron chi connectivity index (χ4n) is 1.63. The lowest BCUT2D eigenvalue weighted by molar-refractivity contribution is 0.564. The van der Waals surface area contributed by atoms with Crippen LogP contribution in [0.3, 0.4) is 0 Å². The number of nitrogens with zero attached hydrogens (tertiary/aromatic N) is 1. The summed E-state index contributed by atoms with van der Waals surface area (Å²) < 4.78 is 25.6. The zero-order chi connectivity index (χ0) is 12.5. The number of aromatic nitrogens is 1. The Morgan fingerprint density at radius 3 is 2.12 bits per heavy atom. The first-order valence-electron chi connectivity index (χ1n) is 5.17. The lowest BCUT2D eigenvalue weighted by atomic mass is 9.89. The predicted octanol–water partition coefficient (Wildman–Crippen LogP) is 2.58. The molecule has 0 aliphatic rings. The van der Waals surface area contributed by atoms with Crippen molar-refractivity contribution in [2.24, 2.45) is 5.73 Å². The highest BCUT2D eigenvalue weighted by atomic mass is 19.1. The van der Waals surface area contributed by atoms with Crippen LogP contribution in [0.25, 0.3) is 0 Å². The van der Waals surface area contributed by atoms with Crippen molar-refractivity contribution in [2.75, 3.05) is 0 Å². The summed E-state index contributed by atoms with van der Waals surface area (Å²) in [5.41, 5.74) is 6.53. The minimum atomic E-state index is -0.874. The monoisotopic (exact) mass is 234 g/mol. The van der Waals surface area contributed by atoms with Crippen LogP contribution in [-0.4, -0.2) is 4.98 Å². The van der Waals surface area contributed by atoms with Crippen LogP contribution in [0.4, 0.5) is 8.78 Å². The summed E-state index contributed by atoms with van der Waals surface area (Å²) >= 11 is 0. The van der Waals surface area contributed by atoms with Crippen molar-refractivity contribution in [1.82, 2.24) is 4.98 Å². The fourth-order valence-corrected chi connectivity index (χ4v) is 1.63. The van der Waals surface area contributed by atoms with Crippen LogP contribution in [0.2, 0.25) is 0 Å². The summed E-state index contributed by atoms with van der Waals surface area (Å²) in [4.78, 5) is 3.96. The highest BCUT2D eigenvalue weighted by Gasteiger charge is 2.25. The van der Waals surface area contributed by atoms with Crippen molar-refractivity contribution in [3.05, 3.63) is 65.5 Å². The van der Waals surface area contributed by atoms with Gasteiger partial charge in [0.05, 0.1) is 17.4 Å². The van der Waals surface area contributed by atoms with E-state index in [4.69, 9.17) is 5.73 Å². The molecule has 1 aromatic carbocycles. The Hall–Kier alpha value is -1.81. The van der Waals surface area contributed by atoms with E-state index in [2.05, 4.69) is 4.98 Å². The molecular weight excluding hydrogens is 222 g/mol. The molecule has 0 saturated heterocycles. The first kappa shape index (κ1) is 11.7. The Morgan fingerprint density at radius 2 is 1.59 bits per heavy atom. The minimum Gasteiger partial charge on any atom is -0.317 e. The summed E-state index contributed by atoms with van der Waals surface area (Å²) in [5.74, 6) is -0.736. The van der Waals surface area contributed by atoms with E-state index in [1.807, 2.05) is 0 Å². The highest BCUT2D eigenvalue weighted by Crippen LogP contribution is 2.24. The zero-order valence-corrected chi connectivity index (χ0v) is 9.32. The first-order valence-corrected chi connectivity index (χ1v) is 5.17. The number of halogens is 2. The number of hydrogen-bond acceptors (Lipinski definition) is 2. The second kappa shape index (κ2) is 4.22. The molecule has 4 heteroatoms. The Morgan fingerprint density at radius 1 is 1.00 bits per heavy atom. The van der Waals surface area contributed by atoms with E-state index in [0.29, 0.717) is 5.69 Å². The topological polar surface area (TPSA) is 38.9 Å². The first-order chi connectivity index (χ1) is 8.00. The van der Waals surface area contributed by atoms with Crippen molar-refractivity contribution in [3.63, 3.8) is 0 Å². The molecule has 0 radical (unpaired) electrons. The van der Waals surface area contributed by atoms with Crippen LogP contribution >= 0.6 is 0 Å². The molecule has 1 unspecified atom stereocenters.